The van der Waals surface area contributed by atoms with Gasteiger partial charge in [0.05, 0.1) is 11.5 Å². The van der Waals surface area contributed by atoms with Crippen molar-refractivity contribution in [3.05, 3.63) is 5.82 Å². The maximum atomic E-state index is 11.5. The first-order valence-electron chi connectivity index (χ1n) is 4.81. The van der Waals surface area contributed by atoms with Gasteiger partial charge in [-0.1, -0.05) is 0 Å². The molecule has 9 heteroatoms. The van der Waals surface area contributed by atoms with Gasteiger partial charge in [0.15, 0.2) is 9.84 Å². The van der Waals surface area contributed by atoms with Crippen molar-refractivity contribution in [1.29, 1.82) is 0 Å². The van der Waals surface area contributed by atoms with Crippen LogP contribution in [-0.4, -0.2) is 52.5 Å². The Balaban J connectivity index is 1.98. The molecule has 0 spiro atoms. The molecule has 1 aliphatic heterocycles. The van der Waals surface area contributed by atoms with E-state index in [9.17, 15) is 13.2 Å². The number of H-pyrrole nitrogens is 1. The first-order valence-corrected chi connectivity index (χ1v) is 6.64. The highest BCUT2D eigenvalue weighted by atomic mass is 32.2. The number of amides is 1. The lowest BCUT2D eigenvalue weighted by Crippen LogP contribution is -2.43. The molecule has 2 heterocycles. The third-order valence-electron chi connectivity index (χ3n) is 2.35. The van der Waals surface area contributed by atoms with E-state index in [0.29, 0.717) is 12.8 Å². The first-order chi connectivity index (χ1) is 7.57. The molecule has 1 aromatic heterocycles. The van der Waals surface area contributed by atoms with Crippen LogP contribution in [0.25, 0.3) is 0 Å². The van der Waals surface area contributed by atoms with E-state index in [1.807, 2.05) is 0 Å². The van der Waals surface area contributed by atoms with Crippen LogP contribution in [-0.2, 0) is 9.84 Å². The predicted molar refractivity (Wildman–Crippen MR) is 53.3 cm³/mol. The van der Waals surface area contributed by atoms with Gasteiger partial charge < -0.3 is 5.32 Å². The Labute approximate surface area is 91.7 Å². The lowest BCUT2D eigenvalue weighted by atomic mass is 10.2. The minimum Gasteiger partial charge on any atom is -0.345 e. The molecule has 16 heavy (non-hydrogen) atoms. The van der Waals surface area contributed by atoms with E-state index in [1.165, 1.54) is 0 Å². The Kier molecular flexibility index (Phi) is 2.86. The van der Waals surface area contributed by atoms with Crippen LogP contribution in [0.4, 0.5) is 0 Å². The maximum absolute atomic E-state index is 11.5. The highest BCUT2D eigenvalue weighted by Gasteiger charge is 2.26. The zero-order chi connectivity index (χ0) is 11.6. The third-order valence-corrected chi connectivity index (χ3v) is 4.17. The van der Waals surface area contributed by atoms with Gasteiger partial charge in [0.25, 0.3) is 11.7 Å². The van der Waals surface area contributed by atoms with Crippen LogP contribution in [0.5, 0.6) is 0 Å². The van der Waals surface area contributed by atoms with E-state index in [-0.39, 0.29) is 23.4 Å². The summed E-state index contributed by atoms with van der Waals surface area (Å²) in [4.78, 5) is 11.5. The molecule has 0 aliphatic carbocycles. The lowest BCUT2D eigenvalue weighted by molar-refractivity contribution is 0.0928. The SMILES string of the molecule is O=C(NC1CCCS(=O)(=O)C1)c1nn[nH]n1. The average Bonchev–Trinajstić information content (AvgIpc) is 2.68. The summed E-state index contributed by atoms with van der Waals surface area (Å²) in [7, 11) is -3.03. The van der Waals surface area contributed by atoms with Gasteiger partial charge in [0.1, 0.15) is 0 Å². The summed E-state index contributed by atoms with van der Waals surface area (Å²) in [6.07, 6.45) is 1.22. The number of sulfone groups is 1. The number of carbonyl (C=O) groups excluding carboxylic acids is 1. The Bertz CT molecular complexity index is 468. The molecule has 1 aliphatic rings. The Morgan fingerprint density at radius 1 is 1.50 bits per heavy atom. The van der Waals surface area contributed by atoms with Crippen LogP contribution in [0.2, 0.25) is 0 Å². The maximum Gasteiger partial charge on any atom is 0.293 e. The van der Waals surface area contributed by atoms with Gasteiger partial charge in [-0.15, -0.1) is 10.2 Å². The second kappa shape index (κ2) is 4.16. The molecule has 0 aromatic carbocycles. The topological polar surface area (TPSA) is 118 Å². The molecule has 2 rings (SSSR count). The van der Waals surface area contributed by atoms with E-state index in [2.05, 4.69) is 25.9 Å². The van der Waals surface area contributed by atoms with Gasteiger partial charge in [-0.25, -0.2) is 8.42 Å². The zero-order valence-corrected chi connectivity index (χ0v) is 9.20. The van der Waals surface area contributed by atoms with E-state index in [4.69, 9.17) is 0 Å². The molecule has 1 unspecified atom stereocenters. The van der Waals surface area contributed by atoms with E-state index in [0.717, 1.165) is 0 Å². The summed E-state index contributed by atoms with van der Waals surface area (Å²) in [6.45, 7) is 0. The molecule has 1 amide bonds. The fourth-order valence-electron chi connectivity index (χ4n) is 1.64. The fraction of sp³-hybridized carbons (Fsp3) is 0.714. The molecular formula is C7H11N5O3S. The Morgan fingerprint density at radius 2 is 2.31 bits per heavy atom. The van der Waals surface area contributed by atoms with Crippen molar-refractivity contribution in [2.45, 2.75) is 18.9 Å². The summed E-state index contributed by atoms with van der Waals surface area (Å²) in [6, 6.07) is -0.357. The Morgan fingerprint density at radius 3 is 2.94 bits per heavy atom. The number of tetrazole rings is 1. The standard InChI is InChI=1S/C7H11N5O3S/c13-7(6-9-11-12-10-6)8-5-2-1-3-16(14,15)4-5/h5H,1-4H2,(H,8,13)(H,9,10,11,12). The zero-order valence-electron chi connectivity index (χ0n) is 8.38. The smallest absolute Gasteiger partial charge is 0.293 e. The number of nitrogens with zero attached hydrogens (tertiary/aromatic N) is 3. The monoisotopic (exact) mass is 245 g/mol. The van der Waals surface area contributed by atoms with E-state index in [1.54, 1.807) is 0 Å². The number of aromatic amines is 1. The number of hydrogen-bond donors (Lipinski definition) is 2. The van der Waals surface area contributed by atoms with Crippen molar-refractivity contribution in [2.24, 2.45) is 0 Å². The molecular weight excluding hydrogens is 234 g/mol. The van der Waals surface area contributed by atoms with Crippen LogP contribution >= 0.6 is 0 Å². The molecule has 0 radical (unpaired) electrons. The highest BCUT2D eigenvalue weighted by molar-refractivity contribution is 7.91. The molecule has 1 atom stereocenters. The van der Waals surface area contributed by atoms with Crippen LogP contribution in [0.15, 0.2) is 0 Å². The van der Waals surface area contributed by atoms with Gasteiger partial charge in [-0.3, -0.25) is 4.79 Å². The number of nitrogens with one attached hydrogen (secondary N) is 2. The Hall–Kier alpha value is -1.51. The van der Waals surface area contributed by atoms with Gasteiger partial charge in [-0.05, 0) is 18.1 Å². The fourth-order valence-corrected chi connectivity index (χ4v) is 3.28. The molecule has 1 fully saturated rings. The summed E-state index contributed by atoms with van der Waals surface area (Å²) in [5.74, 6) is -0.406. The van der Waals surface area contributed by atoms with Crippen molar-refractivity contribution in [1.82, 2.24) is 25.9 Å². The third kappa shape index (κ3) is 2.54. The first kappa shape index (κ1) is 11.0. The minimum absolute atomic E-state index is 0.0173. The van der Waals surface area contributed by atoms with Crippen molar-refractivity contribution in [3.8, 4) is 0 Å². The molecule has 88 valence electrons. The summed E-state index contributed by atoms with van der Waals surface area (Å²) in [5.41, 5.74) is 0. The number of carbonyl (C=O) groups is 1. The number of aromatic nitrogens is 4. The van der Waals surface area contributed by atoms with Crippen molar-refractivity contribution in [3.63, 3.8) is 0 Å². The molecule has 0 saturated carbocycles. The predicted octanol–water partition coefficient (Wildman–Crippen LogP) is -1.49. The molecule has 8 nitrogen and oxygen atoms in total. The molecule has 1 aromatic rings. The molecule has 2 N–H and O–H groups in total. The van der Waals surface area contributed by atoms with Crippen molar-refractivity contribution < 1.29 is 13.2 Å². The van der Waals surface area contributed by atoms with Gasteiger partial charge >= 0.3 is 0 Å². The van der Waals surface area contributed by atoms with Crippen LogP contribution in [0.1, 0.15) is 23.5 Å². The van der Waals surface area contributed by atoms with Crippen LogP contribution in [0.3, 0.4) is 0 Å². The summed E-state index contributed by atoms with van der Waals surface area (Å²) in [5, 5.41) is 15.0. The summed E-state index contributed by atoms with van der Waals surface area (Å²) >= 11 is 0. The van der Waals surface area contributed by atoms with Crippen molar-refractivity contribution in [2.75, 3.05) is 11.5 Å². The second-order valence-electron chi connectivity index (χ2n) is 3.66. The average molecular weight is 245 g/mol. The quantitative estimate of drug-likeness (QED) is 0.655. The van der Waals surface area contributed by atoms with Gasteiger partial charge in [0.2, 0.25) is 0 Å². The molecule has 1 saturated heterocycles. The van der Waals surface area contributed by atoms with Crippen molar-refractivity contribution >= 4 is 15.7 Å². The van der Waals surface area contributed by atoms with E-state index >= 15 is 0 Å². The normalized spacial score (nSPS) is 23.9. The highest BCUT2D eigenvalue weighted by Crippen LogP contribution is 2.12. The number of rotatable bonds is 2. The van der Waals surface area contributed by atoms with Crippen LogP contribution < -0.4 is 5.32 Å². The molecule has 0 bridgehead atoms. The summed E-state index contributed by atoms with van der Waals surface area (Å²) < 4.78 is 22.7. The number of hydrogen-bond acceptors (Lipinski definition) is 6. The lowest BCUT2D eigenvalue weighted by Gasteiger charge is -2.22. The van der Waals surface area contributed by atoms with Crippen LogP contribution in [0, 0.1) is 0 Å². The van der Waals surface area contributed by atoms with Gasteiger partial charge in [-0.2, -0.15) is 5.21 Å². The van der Waals surface area contributed by atoms with E-state index < -0.39 is 15.7 Å². The van der Waals surface area contributed by atoms with Gasteiger partial charge in [0, 0.05) is 6.04 Å². The minimum atomic E-state index is -3.03. The second-order valence-corrected chi connectivity index (χ2v) is 5.89. The largest absolute Gasteiger partial charge is 0.345 e.